The van der Waals surface area contributed by atoms with Gasteiger partial charge in [0.15, 0.2) is 5.96 Å². The summed E-state index contributed by atoms with van der Waals surface area (Å²) < 4.78 is 5.43. The smallest absolute Gasteiger partial charge is 0.191 e. The van der Waals surface area contributed by atoms with Crippen molar-refractivity contribution in [2.45, 2.75) is 46.1 Å². The van der Waals surface area contributed by atoms with E-state index in [-0.39, 0.29) is 0 Å². The van der Waals surface area contributed by atoms with E-state index in [0.29, 0.717) is 12.0 Å². The van der Waals surface area contributed by atoms with Gasteiger partial charge in [0.25, 0.3) is 0 Å². The quantitative estimate of drug-likeness (QED) is 0.510. The molecule has 2 heterocycles. The fraction of sp³-hybridized carbons (Fsp3) is 0.947. The molecule has 146 valence electrons. The van der Waals surface area contributed by atoms with Crippen molar-refractivity contribution in [3.63, 3.8) is 0 Å². The summed E-state index contributed by atoms with van der Waals surface area (Å²) in [7, 11) is 0. The number of guanidine groups is 1. The maximum absolute atomic E-state index is 5.43. The number of aliphatic imine (C=N–C) groups is 1. The molecular formula is C19H39N5O. The van der Waals surface area contributed by atoms with Gasteiger partial charge in [-0.05, 0) is 38.6 Å². The maximum atomic E-state index is 5.43. The van der Waals surface area contributed by atoms with Crippen LogP contribution in [0.15, 0.2) is 4.99 Å². The second-order valence-corrected chi connectivity index (χ2v) is 7.50. The number of likely N-dealkylation sites (tertiary alicyclic amines) is 1. The first kappa shape index (κ1) is 20.5. The topological polar surface area (TPSA) is 52.1 Å². The van der Waals surface area contributed by atoms with Gasteiger partial charge in [0.05, 0.1) is 13.2 Å². The Morgan fingerprint density at radius 1 is 1.12 bits per heavy atom. The third kappa shape index (κ3) is 7.92. The molecule has 2 N–H and O–H groups in total. The van der Waals surface area contributed by atoms with E-state index >= 15 is 0 Å². The zero-order valence-electron chi connectivity index (χ0n) is 16.6. The Kier molecular flexibility index (Phi) is 9.58. The van der Waals surface area contributed by atoms with E-state index in [1.54, 1.807) is 0 Å². The van der Waals surface area contributed by atoms with Crippen LogP contribution in [0.4, 0.5) is 0 Å². The van der Waals surface area contributed by atoms with Gasteiger partial charge in [0.1, 0.15) is 0 Å². The van der Waals surface area contributed by atoms with Gasteiger partial charge in [-0.25, -0.2) is 0 Å². The maximum Gasteiger partial charge on any atom is 0.191 e. The number of rotatable bonds is 8. The molecule has 0 spiro atoms. The van der Waals surface area contributed by atoms with E-state index in [4.69, 9.17) is 9.73 Å². The number of ether oxygens (including phenoxy) is 1. The monoisotopic (exact) mass is 353 g/mol. The van der Waals surface area contributed by atoms with Crippen LogP contribution in [0, 0.1) is 5.92 Å². The van der Waals surface area contributed by atoms with Crippen LogP contribution in [0.1, 0.15) is 40.0 Å². The number of hydrogen-bond donors (Lipinski definition) is 2. The van der Waals surface area contributed by atoms with Gasteiger partial charge < -0.3 is 20.3 Å². The van der Waals surface area contributed by atoms with Gasteiger partial charge in [-0.1, -0.05) is 13.8 Å². The number of hydrogen-bond acceptors (Lipinski definition) is 4. The Hall–Kier alpha value is -0.850. The molecule has 0 aromatic carbocycles. The molecule has 6 heteroatoms. The van der Waals surface area contributed by atoms with E-state index in [2.05, 4.69) is 41.2 Å². The molecule has 0 bridgehead atoms. The summed E-state index contributed by atoms with van der Waals surface area (Å²) >= 11 is 0. The second-order valence-electron chi connectivity index (χ2n) is 7.50. The van der Waals surface area contributed by atoms with Gasteiger partial charge in [-0.2, -0.15) is 0 Å². The Labute approximate surface area is 154 Å². The van der Waals surface area contributed by atoms with Gasteiger partial charge in [-0.3, -0.25) is 9.89 Å². The Morgan fingerprint density at radius 3 is 2.48 bits per heavy atom. The highest BCUT2D eigenvalue weighted by Crippen LogP contribution is 2.10. The summed E-state index contributed by atoms with van der Waals surface area (Å²) in [4.78, 5) is 9.92. The summed E-state index contributed by atoms with van der Waals surface area (Å²) in [5.41, 5.74) is 0. The normalized spacial score (nSPS) is 22.8. The minimum Gasteiger partial charge on any atom is -0.379 e. The largest absolute Gasteiger partial charge is 0.379 e. The van der Waals surface area contributed by atoms with Crippen LogP contribution in [0.5, 0.6) is 0 Å². The molecule has 2 fully saturated rings. The zero-order valence-corrected chi connectivity index (χ0v) is 16.6. The first-order valence-corrected chi connectivity index (χ1v) is 10.3. The Balaban J connectivity index is 1.73. The minimum absolute atomic E-state index is 0.556. The Morgan fingerprint density at radius 2 is 1.84 bits per heavy atom. The molecule has 0 amide bonds. The van der Waals surface area contributed by atoms with Gasteiger partial charge in [0, 0.05) is 51.9 Å². The lowest BCUT2D eigenvalue weighted by molar-refractivity contribution is 0.0323. The van der Waals surface area contributed by atoms with Crippen molar-refractivity contribution in [2.75, 3.05) is 65.6 Å². The SMILES string of the molecule is CCCN1CCC(NC(=NCC(C)CN2CCOCC2)NCC)CC1. The molecule has 2 rings (SSSR count). The van der Waals surface area contributed by atoms with Crippen molar-refractivity contribution in [3.05, 3.63) is 0 Å². The highest BCUT2D eigenvalue weighted by atomic mass is 16.5. The molecule has 0 aromatic heterocycles. The number of nitrogens with zero attached hydrogens (tertiary/aromatic N) is 3. The molecule has 25 heavy (non-hydrogen) atoms. The van der Waals surface area contributed by atoms with E-state index < -0.39 is 0 Å². The lowest BCUT2D eigenvalue weighted by Crippen LogP contribution is -2.49. The predicted molar refractivity (Wildman–Crippen MR) is 105 cm³/mol. The first-order valence-electron chi connectivity index (χ1n) is 10.3. The third-order valence-electron chi connectivity index (χ3n) is 5.05. The fourth-order valence-electron chi connectivity index (χ4n) is 3.66. The molecule has 1 unspecified atom stereocenters. The summed E-state index contributed by atoms with van der Waals surface area (Å²) in [5, 5.41) is 7.07. The van der Waals surface area contributed by atoms with E-state index in [1.165, 1.54) is 38.9 Å². The average molecular weight is 354 g/mol. The van der Waals surface area contributed by atoms with Crippen molar-refractivity contribution >= 4 is 5.96 Å². The van der Waals surface area contributed by atoms with Crippen molar-refractivity contribution in [3.8, 4) is 0 Å². The van der Waals surface area contributed by atoms with Crippen LogP contribution < -0.4 is 10.6 Å². The van der Waals surface area contributed by atoms with Gasteiger partial charge >= 0.3 is 0 Å². The standard InChI is InChI=1S/C19H39N5O/c1-4-8-23-9-6-18(7-10-23)22-19(20-5-2)21-15-17(3)16-24-11-13-25-14-12-24/h17-18H,4-16H2,1-3H3,(H2,20,21,22). The summed E-state index contributed by atoms with van der Waals surface area (Å²) in [6.45, 7) is 17.1. The van der Waals surface area contributed by atoms with E-state index in [1.807, 2.05) is 0 Å². The molecule has 0 saturated carbocycles. The van der Waals surface area contributed by atoms with Crippen LogP contribution in [-0.4, -0.2) is 87.4 Å². The summed E-state index contributed by atoms with van der Waals surface area (Å²) in [6, 6.07) is 0.556. The molecule has 2 saturated heterocycles. The Bertz CT molecular complexity index is 376. The van der Waals surface area contributed by atoms with Gasteiger partial charge in [-0.15, -0.1) is 0 Å². The highest BCUT2D eigenvalue weighted by molar-refractivity contribution is 5.80. The molecule has 2 aliphatic rings. The third-order valence-corrected chi connectivity index (χ3v) is 5.05. The van der Waals surface area contributed by atoms with Crippen molar-refractivity contribution in [1.82, 2.24) is 20.4 Å². The minimum atomic E-state index is 0.556. The van der Waals surface area contributed by atoms with Crippen molar-refractivity contribution < 1.29 is 4.74 Å². The molecule has 6 nitrogen and oxygen atoms in total. The van der Waals surface area contributed by atoms with Crippen LogP contribution >= 0.6 is 0 Å². The molecule has 2 aliphatic heterocycles. The van der Waals surface area contributed by atoms with Crippen molar-refractivity contribution in [2.24, 2.45) is 10.9 Å². The predicted octanol–water partition coefficient (Wildman–Crippen LogP) is 1.38. The number of morpholine rings is 1. The van der Waals surface area contributed by atoms with Crippen LogP contribution in [0.2, 0.25) is 0 Å². The lowest BCUT2D eigenvalue weighted by Gasteiger charge is -2.33. The number of nitrogens with one attached hydrogen (secondary N) is 2. The molecule has 0 aromatic rings. The molecule has 0 radical (unpaired) electrons. The summed E-state index contributed by atoms with van der Waals surface area (Å²) in [5.74, 6) is 1.56. The molecule has 0 aliphatic carbocycles. The lowest BCUT2D eigenvalue weighted by atomic mass is 10.1. The average Bonchev–Trinajstić information content (AvgIpc) is 2.63. The molecule has 1 atom stereocenters. The van der Waals surface area contributed by atoms with Crippen LogP contribution in [0.3, 0.4) is 0 Å². The first-order chi connectivity index (χ1) is 12.2. The summed E-state index contributed by atoms with van der Waals surface area (Å²) in [6.07, 6.45) is 3.69. The van der Waals surface area contributed by atoms with Crippen LogP contribution in [-0.2, 0) is 4.74 Å². The van der Waals surface area contributed by atoms with E-state index in [0.717, 1.165) is 51.9 Å². The van der Waals surface area contributed by atoms with E-state index in [9.17, 15) is 0 Å². The van der Waals surface area contributed by atoms with Crippen LogP contribution in [0.25, 0.3) is 0 Å². The van der Waals surface area contributed by atoms with Gasteiger partial charge in [0.2, 0.25) is 0 Å². The second kappa shape index (κ2) is 11.7. The molecular weight excluding hydrogens is 314 g/mol. The fourth-order valence-corrected chi connectivity index (χ4v) is 3.66. The number of piperidine rings is 1. The van der Waals surface area contributed by atoms with Crippen molar-refractivity contribution in [1.29, 1.82) is 0 Å². The highest BCUT2D eigenvalue weighted by Gasteiger charge is 2.19. The zero-order chi connectivity index (χ0) is 17.9.